The standard InChI is InChI=1S/C15H17N3O4/c1-3-9(2)18(8-12(19)20)15(22)13-10-6-4-5-7-11(10)14(21)17-16-13/h4-7,9H,3,8H2,1-2H3,(H,17,21)(H,19,20). The lowest BCUT2D eigenvalue weighted by Crippen LogP contribution is -2.42. The molecule has 2 rings (SSSR count). The highest BCUT2D eigenvalue weighted by atomic mass is 16.4. The van der Waals surface area contributed by atoms with Gasteiger partial charge in [-0.1, -0.05) is 25.1 Å². The van der Waals surface area contributed by atoms with Crippen LogP contribution in [0, 0.1) is 0 Å². The molecule has 1 unspecified atom stereocenters. The van der Waals surface area contributed by atoms with Gasteiger partial charge in [-0.15, -0.1) is 0 Å². The largest absolute Gasteiger partial charge is 0.480 e. The number of H-pyrrole nitrogens is 1. The van der Waals surface area contributed by atoms with E-state index in [0.29, 0.717) is 17.2 Å². The predicted molar refractivity (Wildman–Crippen MR) is 80.8 cm³/mol. The van der Waals surface area contributed by atoms with Crippen LogP contribution in [0.25, 0.3) is 10.8 Å². The second-order valence-electron chi connectivity index (χ2n) is 5.03. The molecule has 0 spiro atoms. The zero-order valence-corrected chi connectivity index (χ0v) is 12.4. The maximum Gasteiger partial charge on any atom is 0.323 e. The number of carbonyl (C=O) groups excluding carboxylic acids is 1. The van der Waals surface area contributed by atoms with E-state index in [4.69, 9.17) is 5.11 Å². The summed E-state index contributed by atoms with van der Waals surface area (Å²) in [5, 5.41) is 15.9. The summed E-state index contributed by atoms with van der Waals surface area (Å²) in [6, 6.07) is 6.36. The monoisotopic (exact) mass is 303 g/mol. The van der Waals surface area contributed by atoms with Crippen LogP contribution in [0.1, 0.15) is 30.8 Å². The SMILES string of the molecule is CCC(C)N(CC(=O)O)C(=O)c1n[nH]c(=O)c2ccccc12. The van der Waals surface area contributed by atoms with Crippen molar-refractivity contribution in [2.45, 2.75) is 26.3 Å². The summed E-state index contributed by atoms with van der Waals surface area (Å²) in [5.74, 6) is -1.61. The van der Waals surface area contributed by atoms with Crippen LogP contribution in [0.2, 0.25) is 0 Å². The van der Waals surface area contributed by atoms with Crippen molar-refractivity contribution in [1.29, 1.82) is 0 Å². The van der Waals surface area contributed by atoms with Crippen LogP contribution in [-0.4, -0.2) is 44.7 Å². The number of carboxylic acids is 1. The van der Waals surface area contributed by atoms with Crippen molar-refractivity contribution in [2.24, 2.45) is 0 Å². The summed E-state index contributed by atoms with van der Waals surface area (Å²) in [5.41, 5.74) is -0.336. The first-order valence-electron chi connectivity index (χ1n) is 6.95. The third-order valence-corrected chi connectivity index (χ3v) is 3.59. The molecule has 1 atom stereocenters. The average Bonchev–Trinajstić information content (AvgIpc) is 2.52. The highest BCUT2D eigenvalue weighted by Crippen LogP contribution is 2.16. The number of carboxylic acid groups (broad SMARTS) is 1. The van der Waals surface area contributed by atoms with Gasteiger partial charge in [-0.3, -0.25) is 14.4 Å². The molecule has 0 bridgehead atoms. The highest BCUT2D eigenvalue weighted by Gasteiger charge is 2.25. The minimum Gasteiger partial charge on any atom is -0.480 e. The van der Waals surface area contributed by atoms with Crippen LogP contribution in [-0.2, 0) is 4.79 Å². The predicted octanol–water partition coefficient (Wildman–Crippen LogP) is 1.25. The Labute approximate surface area is 126 Å². The molecule has 7 nitrogen and oxygen atoms in total. The molecule has 1 aromatic heterocycles. The van der Waals surface area contributed by atoms with E-state index in [0.717, 1.165) is 0 Å². The summed E-state index contributed by atoms with van der Waals surface area (Å²) in [7, 11) is 0. The van der Waals surface area contributed by atoms with Crippen molar-refractivity contribution in [3.05, 3.63) is 40.3 Å². The number of rotatable bonds is 5. The molecule has 2 N–H and O–H groups in total. The fourth-order valence-corrected chi connectivity index (χ4v) is 2.21. The Morgan fingerprint density at radius 2 is 1.95 bits per heavy atom. The summed E-state index contributed by atoms with van der Waals surface area (Å²) in [6.07, 6.45) is 0.611. The second-order valence-corrected chi connectivity index (χ2v) is 5.03. The lowest BCUT2D eigenvalue weighted by molar-refractivity contribution is -0.138. The van der Waals surface area contributed by atoms with Crippen LogP contribution < -0.4 is 5.56 Å². The smallest absolute Gasteiger partial charge is 0.323 e. The number of benzene rings is 1. The summed E-state index contributed by atoms with van der Waals surface area (Å²) >= 11 is 0. The fourth-order valence-electron chi connectivity index (χ4n) is 2.21. The van der Waals surface area contributed by atoms with Crippen molar-refractivity contribution in [3.8, 4) is 0 Å². The maximum atomic E-state index is 12.7. The Morgan fingerprint density at radius 3 is 2.55 bits per heavy atom. The molecule has 22 heavy (non-hydrogen) atoms. The van der Waals surface area contributed by atoms with Crippen molar-refractivity contribution in [2.75, 3.05) is 6.54 Å². The molecule has 0 fully saturated rings. The first-order chi connectivity index (χ1) is 10.5. The molecule has 0 aliphatic rings. The Kier molecular flexibility index (Phi) is 4.55. The van der Waals surface area contributed by atoms with E-state index < -0.39 is 18.4 Å². The number of fused-ring (bicyclic) bond motifs is 1. The van der Waals surface area contributed by atoms with Crippen LogP contribution in [0.4, 0.5) is 0 Å². The van der Waals surface area contributed by atoms with E-state index in [1.165, 1.54) is 4.90 Å². The molecule has 0 saturated carbocycles. The maximum absolute atomic E-state index is 12.7. The number of amides is 1. The molecule has 0 aliphatic heterocycles. The number of aromatic amines is 1. The van der Waals surface area contributed by atoms with Gasteiger partial charge in [0, 0.05) is 11.4 Å². The van der Waals surface area contributed by atoms with Gasteiger partial charge in [0.2, 0.25) is 0 Å². The Balaban J connectivity index is 2.54. The summed E-state index contributed by atoms with van der Waals surface area (Å²) in [6.45, 7) is 3.23. The van der Waals surface area contributed by atoms with Crippen molar-refractivity contribution < 1.29 is 14.7 Å². The number of nitrogens with one attached hydrogen (secondary N) is 1. The highest BCUT2D eigenvalue weighted by molar-refractivity contribution is 6.05. The van der Waals surface area contributed by atoms with E-state index in [2.05, 4.69) is 10.2 Å². The Hall–Kier alpha value is -2.70. The van der Waals surface area contributed by atoms with Crippen LogP contribution in [0.5, 0.6) is 0 Å². The molecule has 1 aromatic carbocycles. The molecule has 0 saturated heterocycles. The Morgan fingerprint density at radius 1 is 1.32 bits per heavy atom. The van der Waals surface area contributed by atoms with Gasteiger partial charge in [-0.2, -0.15) is 5.10 Å². The third kappa shape index (κ3) is 2.98. The number of carbonyl (C=O) groups is 2. The van der Waals surface area contributed by atoms with Crippen LogP contribution in [0.3, 0.4) is 0 Å². The quantitative estimate of drug-likeness (QED) is 0.865. The molecule has 7 heteroatoms. The van der Waals surface area contributed by atoms with Gasteiger partial charge in [0.05, 0.1) is 5.39 Å². The van der Waals surface area contributed by atoms with Gasteiger partial charge in [-0.25, -0.2) is 5.10 Å². The van der Waals surface area contributed by atoms with Gasteiger partial charge in [-0.05, 0) is 19.4 Å². The van der Waals surface area contributed by atoms with Gasteiger partial charge in [0.1, 0.15) is 6.54 Å². The normalized spacial score (nSPS) is 12.1. The van der Waals surface area contributed by atoms with Gasteiger partial charge >= 0.3 is 5.97 Å². The molecule has 1 amide bonds. The van der Waals surface area contributed by atoms with E-state index >= 15 is 0 Å². The van der Waals surface area contributed by atoms with E-state index in [1.807, 2.05) is 6.92 Å². The Bertz CT molecular complexity index is 769. The van der Waals surface area contributed by atoms with Crippen molar-refractivity contribution in [3.63, 3.8) is 0 Å². The van der Waals surface area contributed by atoms with E-state index in [9.17, 15) is 14.4 Å². The minimum atomic E-state index is -1.10. The van der Waals surface area contributed by atoms with Crippen molar-refractivity contribution in [1.82, 2.24) is 15.1 Å². The molecule has 1 heterocycles. The topological polar surface area (TPSA) is 103 Å². The number of nitrogens with zero attached hydrogens (tertiary/aromatic N) is 2. The third-order valence-electron chi connectivity index (χ3n) is 3.59. The van der Waals surface area contributed by atoms with E-state index in [1.54, 1.807) is 31.2 Å². The number of aliphatic carboxylic acids is 1. The van der Waals surface area contributed by atoms with Crippen LogP contribution >= 0.6 is 0 Å². The number of hydrogen-bond acceptors (Lipinski definition) is 4. The molecule has 2 aromatic rings. The lowest BCUT2D eigenvalue weighted by atomic mass is 10.1. The molecule has 116 valence electrons. The van der Waals surface area contributed by atoms with Gasteiger partial charge in [0.25, 0.3) is 11.5 Å². The zero-order valence-electron chi connectivity index (χ0n) is 12.4. The fraction of sp³-hybridized carbons (Fsp3) is 0.333. The number of aromatic nitrogens is 2. The summed E-state index contributed by atoms with van der Waals surface area (Å²) < 4.78 is 0. The first-order valence-corrected chi connectivity index (χ1v) is 6.95. The molecule has 0 radical (unpaired) electrons. The average molecular weight is 303 g/mol. The van der Waals surface area contributed by atoms with Gasteiger partial charge in [0.15, 0.2) is 5.69 Å². The zero-order chi connectivity index (χ0) is 16.3. The minimum absolute atomic E-state index is 0.0525. The molecule has 0 aliphatic carbocycles. The summed E-state index contributed by atoms with van der Waals surface area (Å²) in [4.78, 5) is 36.7. The van der Waals surface area contributed by atoms with E-state index in [-0.39, 0.29) is 17.3 Å². The lowest BCUT2D eigenvalue weighted by Gasteiger charge is -2.26. The van der Waals surface area contributed by atoms with Gasteiger partial charge < -0.3 is 10.0 Å². The number of hydrogen-bond donors (Lipinski definition) is 2. The second kappa shape index (κ2) is 6.38. The molecular formula is C15H17N3O4. The van der Waals surface area contributed by atoms with Crippen LogP contribution in [0.15, 0.2) is 29.1 Å². The van der Waals surface area contributed by atoms with Crippen molar-refractivity contribution >= 4 is 22.6 Å². The first kappa shape index (κ1) is 15.7. The molecular weight excluding hydrogens is 286 g/mol.